The van der Waals surface area contributed by atoms with Gasteiger partial charge in [-0.15, -0.1) is 0 Å². The highest BCUT2D eigenvalue weighted by Crippen LogP contribution is 2.36. The van der Waals surface area contributed by atoms with Crippen LogP contribution in [0.1, 0.15) is 31.4 Å². The summed E-state index contributed by atoms with van der Waals surface area (Å²) in [6.07, 6.45) is 1.10. The van der Waals surface area contributed by atoms with Crippen molar-refractivity contribution in [1.82, 2.24) is 5.32 Å². The minimum atomic E-state index is -0.414. The highest BCUT2D eigenvalue weighted by Gasteiger charge is 2.15. The fourth-order valence-electron chi connectivity index (χ4n) is 2.54. The number of benzene rings is 2. The van der Waals surface area contributed by atoms with E-state index in [1.807, 2.05) is 12.1 Å². The average molecular weight is 437 g/mol. The number of rotatable bonds is 10. The van der Waals surface area contributed by atoms with Gasteiger partial charge in [0.1, 0.15) is 6.61 Å². The minimum Gasteiger partial charge on any atom is -0.493 e. The summed E-state index contributed by atoms with van der Waals surface area (Å²) >= 11 is 3.59. The largest absolute Gasteiger partial charge is 0.493 e. The van der Waals surface area contributed by atoms with Gasteiger partial charge < -0.3 is 14.8 Å². The zero-order valence-electron chi connectivity index (χ0n) is 15.8. The van der Waals surface area contributed by atoms with E-state index in [-0.39, 0.29) is 5.69 Å². The zero-order chi connectivity index (χ0) is 19.8. The van der Waals surface area contributed by atoms with Gasteiger partial charge in [-0.05, 0) is 48.7 Å². The van der Waals surface area contributed by atoms with Gasteiger partial charge in [0.15, 0.2) is 11.5 Å². The van der Waals surface area contributed by atoms with Crippen molar-refractivity contribution in [3.05, 3.63) is 62.1 Å². The number of non-ortho nitro benzene ring substituents is 1. The van der Waals surface area contributed by atoms with E-state index in [9.17, 15) is 10.1 Å². The second-order valence-corrected chi connectivity index (χ2v) is 7.48. The van der Waals surface area contributed by atoms with Crippen molar-refractivity contribution < 1.29 is 14.4 Å². The van der Waals surface area contributed by atoms with Crippen molar-refractivity contribution >= 4 is 21.6 Å². The SMILES string of the molecule is COc1ccc(Br)c(CNCCC(C)C)c1OCc1ccc([N+](=O)[O-])cc1. The third-order valence-corrected chi connectivity index (χ3v) is 4.86. The maximum Gasteiger partial charge on any atom is 0.269 e. The first kappa shape index (κ1) is 21.2. The molecule has 0 radical (unpaired) electrons. The van der Waals surface area contributed by atoms with Crippen LogP contribution in [-0.2, 0) is 13.2 Å². The predicted molar refractivity (Wildman–Crippen MR) is 109 cm³/mol. The van der Waals surface area contributed by atoms with Crippen molar-refractivity contribution in [3.8, 4) is 11.5 Å². The number of halogens is 1. The third-order valence-electron chi connectivity index (χ3n) is 4.12. The zero-order valence-corrected chi connectivity index (χ0v) is 17.4. The Morgan fingerprint density at radius 1 is 1.19 bits per heavy atom. The summed E-state index contributed by atoms with van der Waals surface area (Å²) < 4.78 is 12.4. The standard InChI is InChI=1S/C20H25BrN2O4/c1-14(2)10-11-22-12-17-18(21)8-9-19(26-3)20(17)27-13-15-4-6-16(7-5-15)23(24)25/h4-9,14,22H,10-13H2,1-3H3. The second-order valence-electron chi connectivity index (χ2n) is 6.63. The first-order valence-electron chi connectivity index (χ1n) is 8.84. The van der Waals surface area contributed by atoms with Gasteiger partial charge in [0.2, 0.25) is 0 Å². The van der Waals surface area contributed by atoms with Gasteiger partial charge in [0.05, 0.1) is 12.0 Å². The van der Waals surface area contributed by atoms with Gasteiger partial charge in [-0.25, -0.2) is 0 Å². The Morgan fingerprint density at radius 3 is 2.48 bits per heavy atom. The second kappa shape index (κ2) is 10.3. The van der Waals surface area contributed by atoms with Crippen molar-refractivity contribution in [2.24, 2.45) is 5.92 Å². The number of hydrogen-bond acceptors (Lipinski definition) is 5. The van der Waals surface area contributed by atoms with E-state index in [1.54, 1.807) is 19.2 Å². The number of nitro groups is 1. The van der Waals surface area contributed by atoms with Gasteiger partial charge in [0, 0.05) is 28.7 Å². The van der Waals surface area contributed by atoms with Crippen LogP contribution in [0.15, 0.2) is 40.9 Å². The molecule has 0 bridgehead atoms. The summed E-state index contributed by atoms with van der Waals surface area (Å²) in [4.78, 5) is 10.4. The number of methoxy groups -OCH3 is 1. The fourth-order valence-corrected chi connectivity index (χ4v) is 2.99. The molecule has 146 valence electrons. The van der Waals surface area contributed by atoms with Crippen molar-refractivity contribution in [2.75, 3.05) is 13.7 Å². The molecule has 0 atom stereocenters. The minimum absolute atomic E-state index is 0.0637. The van der Waals surface area contributed by atoms with E-state index in [0.29, 0.717) is 30.6 Å². The molecule has 27 heavy (non-hydrogen) atoms. The van der Waals surface area contributed by atoms with Crippen LogP contribution in [-0.4, -0.2) is 18.6 Å². The summed E-state index contributed by atoms with van der Waals surface area (Å²) in [6.45, 7) is 6.26. The first-order chi connectivity index (χ1) is 12.9. The third kappa shape index (κ3) is 6.22. The number of ether oxygens (including phenoxy) is 2. The van der Waals surface area contributed by atoms with E-state index >= 15 is 0 Å². The summed E-state index contributed by atoms with van der Waals surface area (Å²) in [6, 6.07) is 10.1. The van der Waals surface area contributed by atoms with Gasteiger partial charge in [0.25, 0.3) is 5.69 Å². The lowest BCUT2D eigenvalue weighted by Crippen LogP contribution is -2.17. The number of nitro benzene ring substituents is 1. The molecule has 2 rings (SSSR count). The van der Waals surface area contributed by atoms with E-state index in [0.717, 1.165) is 28.6 Å². The van der Waals surface area contributed by atoms with Crippen LogP contribution in [0, 0.1) is 16.0 Å². The molecule has 2 aromatic rings. The lowest BCUT2D eigenvalue weighted by molar-refractivity contribution is -0.384. The topological polar surface area (TPSA) is 73.6 Å². The van der Waals surface area contributed by atoms with E-state index in [1.165, 1.54) is 12.1 Å². The lowest BCUT2D eigenvalue weighted by Gasteiger charge is -2.17. The summed E-state index contributed by atoms with van der Waals surface area (Å²) in [5, 5.41) is 14.2. The molecule has 0 aliphatic heterocycles. The van der Waals surface area contributed by atoms with Crippen LogP contribution in [0.25, 0.3) is 0 Å². The smallest absolute Gasteiger partial charge is 0.269 e. The molecule has 2 aromatic carbocycles. The highest BCUT2D eigenvalue weighted by molar-refractivity contribution is 9.10. The fraction of sp³-hybridized carbons (Fsp3) is 0.400. The molecule has 0 heterocycles. The number of nitrogens with one attached hydrogen (secondary N) is 1. The molecule has 0 unspecified atom stereocenters. The van der Waals surface area contributed by atoms with Crippen LogP contribution in [0.2, 0.25) is 0 Å². The van der Waals surface area contributed by atoms with Crippen LogP contribution < -0.4 is 14.8 Å². The molecule has 0 fully saturated rings. The molecule has 0 aliphatic carbocycles. The van der Waals surface area contributed by atoms with E-state index in [2.05, 4.69) is 35.1 Å². The quantitative estimate of drug-likeness (QED) is 0.319. The molecular weight excluding hydrogens is 412 g/mol. The summed E-state index contributed by atoms with van der Waals surface area (Å²) in [5.41, 5.74) is 1.90. The van der Waals surface area contributed by atoms with Crippen LogP contribution in [0.3, 0.4) is 0 Å². The van der Waals surface area contributed by atoms with Gasteiger partial charge in [-0.1, -0.05) is 29.8 Å². The molecule has 7 heteroatoms. The van der Waals surface area contributed by atoms with Gasteiger partial charge in [-0.3, -0.25) is 10.1 Å². The maximum absolute atomic E-state index is 10.8. The Balaban J connectivity index is 2.13. The Kier molecular flexibility index (Phi) is 8.06. The van der Waals surface area contributed by atoms with Gasteiger partial charge >= 0.3 is 0 Å². The molecule has 0 amide bonds. The monoisotopic (exact) mass is 436 g/mol. The summed E-state index contributed by atoms with van der Waals surface area (Å²) in [5.74, 6) is 1.96. The Hall–Kier alpha value is -2.12. The normalized spacial score (nSPS) is 10.9. The molecule has 1 N–H and O–H groups in total. The molecule has 0 spiro atoms. The van der Waals surface area contributed by atoms with Crippen molar-refractivity contribution in [2.45, 2.75) is 33.4 Å². The van der Waals surface area contributed by atoms with Crippen molar-refractivity contribution in [3.63, 3.8) is 0 Å². The molecule has 6 nitrogen and oxygen atoms in total. The summed E-state index contributed by atoms with van der Waals surface area (Å²) in [7, 11) is 1.61. The highest BCUT2D eigenvalue weighted by atomic mass is 79.9. The molecule has 0 aliphatic rings. The predicted octanol–water partition coefficient (Wildman–Crippen LogP) is 5.08. The Bertz CT molecular complexity index is 763. The van der Waals surface area contributed by atoms with Crippen LogP contribution in [0.4, 0.5) is 5.69 Å². The van der Waals surface area contributed by atoms with Crippen molar-refractivity contribution in [1.29, 1.82) is 0 Å². The Morgan fingerprint density at radius 2 is 1.89 bits per heavy atom. The van der Waals surface area contributed by atoms with E-state index < -0.39 is 4.92 Å². The number of nitrogens with zero attached hydrogens (tertiary/aromatic N) is 1. The van der Waals surface area contributed by atoms with Crippen LogP contribution >= 0.6 is 15.9 Å². The molecule has 0 aromatic heterocycles. The molecular formula is C20H25BrN2O4. The van der Waals surface area contributed by atoms with Gasteiger partial charge in [-0.2, -0.15) is 0 Å². The molecule has 0 saturated carbocycles. The maximum atomic E-state index is 10.8. The van der Waals surface area contributed by atoms with Crippen LogP contribution in [0.5, 0.6) is 11.5 Å². The number of hydrogen-bond donors (Lipinski definition) is 1. The Labute approximate surface area is 168 Å². The lowest BCUT2D eigenvalue weighted by atomic mass is 10.1. The van der Waals surface area contributed by atoms with E-state index in [4.69, 9.17) is 9.47 Å². The first-order valence-corrected chi connectivity index (χ1v) is 9.64. The molecule has 0 saturated heterocycles. The average Bonchev–Trinajstić information content (AvgIpc) is 2.65.